The van der Waals surface area contributed by atoms with E-state index in [1.165, 1.54) is 43.4 Å². The number of fused-ring (bicyclic) bond motifs is 8. The number of rotatable bonds is 5. The van der Waals surface area contributed by atoms with Crippen LogP contribution in [-0.4, -0.2) is 4.57 Å². The smallest absolute Gasteiger partial charge is 0.143 e. The van der Waals surface area contributed by atoms with Gasteiger partial charge < -0.3 is 14.3 Å². The molecule has 3 heteroatoms. The summed E-state index contributed by atoms with van der Waals surface area (Å²) >= 11 is 0. The van der Waals surface area contributed by atoms with Crippen LogP contribution in [-0.2, 0) is 0 Å². The molecule has 0 unspecified atom stereocenters. The van der Waals surface area contributed by atoms with Crippen molar-refractivity contribution in [2.45, 2.75) is 0 Å². The zero-order chi connectivity index (χ0) is 34.9. The molecule has 0 aliphatic carbocycles. The predicted octanol–water partition coefficient (Wildman–Crippen LogP) is 14.1. The highest BCUT2D eigenvalue weighted by Crippen LogP contribution is 2.43. The maximum absolute atomic E-state index is 6.61. The number of nitrogens with one attached hydrogen (secondary N) is 1. The molecule has 0 saturated heterocycles. The predicted molar refractivity (Wildman–Crippen MR) is 224 cm³/mol. The number of nitrogens with zero attached hydrogens (tertiary/aromatic N) is 1. The summed E-state index contributed by atoms with van der Waals surface area (Å²) in [5, 5.41) is 13.4. The van der Waals surface area contributed by atoms with E-state index in [2.05, 4.69) is 186 Å². The van der Waals surface area contributed by atoms with E-state index in [1.54, 1.807) is 0 Å². The highest BCUT2D eigenvalue weighted by molar-refractivity contribution is 6.12. The van der Waals surface area contributed by atoms with Gasteiger partial charge in [-0.1, -0.05) is 133 Å². The average Bonchev–Trinajstić information content (AvgIpc) is 3.77. The lowest BCUT2D eigenvalue weighted by molar-refractivity contribution is 0.670. The van der Waals surface area contributed by atoms with Crippen molar-refractivity contribution in [3.05, 3.63) is 188 Å². The van der Waals surface area contributed by atoms with Gasteiger partial charge in [-0.05, 0) is 81.9 Å². The van der Waals surface area contributed by atoms with E-state index < -0.39 is 0 Å². The van der Waals surface area contributed by atoms with E-state index in [0.29, 0.717) is 0 Å². The van der Waals surface area contributed by atoms with Crippen LogP contribution in [0.25, 0.3) is 93.2 Å². The van der Waals surface area contributed by atoms with Crippen molar-refractivity contribution in [3.63, 3.8) is 0 Å². The second kappa shape index (κ2) is 11.7. The third-order valence-electron chi connectivity index (χ3n) is 10.8. The number of anilines is 2. The zero-order valence-electron chi connectivity index (χ0n) is 28.8. The van der Waals surface area contributed by atoms with Crippen molar-refractivity contribution in [1.29, 1.82) is 0 Å². The first-order chi connectivity index (χ1) is 26.3. The summed E-state index contributed by atoms with van der Waals surface area (Å²) in [6, 6.07) is 67.4. The number of benzene rings is 9. The second-order valence-corrected chi connectivity index (χ2v) is 13.8. The number of para-hydroxylation sites is 3. The average molecular weight is 677 g/mol. The molecule has 0 fully saturated rings. The Labute approximate surface area is 306 Å². The molecule has 0 atom stereocenters. The van der Waals surface area contributed by atoms with Crippen LogP contribution in [0.15, 0.2) is 192 Å². The molecule has 0 amide bonds. The minimum absolute atomic E-state index is 0.890. The summed E-state index contributed by atoms with van der Waals surface area (Å²) < 4.78 is 9.00. The van der Waals surface area contributed by atoms with Gasteiger partial charge in [0.25, 0.3) is 0 Å². The molecule has 0 spiro atoms. The molecule has 0 bridgehead atoms. The summed E-state index contributed by atoms with van der Waals surface area (Å²) in [4.78, 5) is 0. The summed E-state index contributed by atoms with van der Waals surface area (Å²) in [6.07, 6.45) is 0. The van der Waals surface area contributed by atoms with Crippen LogP contribution in [0.3, 0.4) is 0 Å². The quantitative estimate of drug-likeness (QED) is 0.197. The maximum atomic E-state index is 6.61. The van der Waals surface area contributed by atoms with Crippen LogP contribution in [0.5, 0.6) is 0 Å². The van der Waals surface area contributed by atoms with Crippen LogP contribution in [0, 0.1) is 0 Å². The van der Waals surface area contributed by atoms with Crippen molar-refractivity contribution < 1.29 is 4.42 Å². The normalized spacial score (nSPS) is 11.8. The Morgan fingerprint density at radius 2 is 1.06 bits per heavy atom. The topological polar surface area (TPSA) is 30.1 Å². The lowest BCUT2D eigenvalue weighted by Gasteiger charge is -2.16. The fourth-order valence-corrected chi connectivity index (χ4v) is 8.24. The van der Waals surface area contributed by atoms with Crippen molar-refractivity contribution in [1.82, 2.24) is 4.57 Å². The summed E-state index contributed by atoms with van der Waals surface area (Å²) in [5.41, 5.74) is 11.8. The molecule has 0 aliphatic rings. The van der Waals surface area contributed by atoms with Crippen molar-refractivity contribution in [3.8, 4) is 27.9 Å². The summed E-state index contributed by atoms with van der Waals surface area (Å²) in [6.45, 7) is 0. The maximum Gasteiger partial charge on any atom is 0.143 e. The van der Waals surface area contributed by atoms with E-state index in [-0.39, 0.29) is 0 Å². The Morgan fingerprint density at radius 1 is 0.377 bits per heavy atom. The Bertz CT molecular complexity index is 3210. The van der Waals surface area contributed by atoms with Gasteiger partial charge in [0.1, 0.15) is 11.2 Å². The fraction of sp³-hybridized carbons (Fsp3) is 0. The molecule has 0 saturated carbocycles. The monoisotopic (exact) mass is 676 g/mol. The summed E-state index contributed by atoms with van der Waals surface area (Å²) in [5.74, 6) is 0. The van der Waals surface area contributed by atoms with Gasteiger partial charge in [-0.2, -0.15) is 0 Å². The Hall–Kier alpha value is -7.10. The molecule has 248 valence electrons. The van der Waals surface area contributed by atoms with Crippen LogP contribution >= 0.6 is 0 Å². The van der Waals surface area contributed by atoms with Gasteiger partial charge in [0.2, 0.25) is 0 Å². The molecule has 53 heavy (non-hydrogen) atoms. The SMILES string of the molecule is c1ccc2cc(-n3c4ccccc4c4cc(-c5ccc(Nc6cccc7ccccc67)c(-c6cccc7c6oc6ccccc67)c5)ccc43)ccc2c1. The summed E-state index contributed by atoms with van der Waals surface area (Å²) in [7, 11) is 0. The van der Waals surface area contributed by atoms with Crippen LogP contribution in [0.2, 0.25) is 0 Å². The molecule has 11 rings (SSSR count). The standard InChI is InChI=1S/C50H32N2O/c1-2-13-34-29-37(26-23-32(34)11-1)52-47-21-7-5-16-39(47)44-31-36(25-28-48(44)52)35-24-27-46(51-45-20-9-14-33-12-3-4-15-38(33)45)43(30-35)42-19-10-18-41-40-17-6-8-22-49(40)53-50(41)42/h1-31,51H. The van der Waals surface area contributed by atoms with Crippen LogP contribution < -0.4 is 5.32 Å². The van der Waals surface area contributed by atoms with Gasteiger partial charge in [0, 0.05) is 55.1 Å². The van der Waals surface area contributed by atoms with Gasteiger partial charge >= 0.3 is 0 Å². The number of hydrogen-bond donors (Lipinski definition) is 1. The van der Waals surface area contributed by atoms with Crippen LogP contribution in [0.1, 0.15) is 0 Å². The van der Waals surface area contributed by atoms with Crippen molar-refractivity contribution in [2.75, 3.05) is 5.32 Å². The highest BCUT2D eigenvalue weighted by Gasteiger charge is 2.18. The molecule has 0 aliphatic heterocycles. The Balaban J connectivity index is 1.11. The molecule has 1 N–H and O–H groups in total. The molecule has 2 aromatic heterocycles. The molecule has 9 aromatic carbocycles. The molecule has 0 radical (unpaired) electrons. The number of furan rings is 1. The lowest BCUT2D eigenvalue weighted by atomic mass is 9.95. The third kappa shape index (κ3) is 4.75. The Morgan fingerprint density at radius 3 is 1.98 bits per heavy atom. The van der Waals surface area contributed by atoms with Crippen molar-refractivity contribution >= 4 is 76.7 Å². The van der Waals surface area contributed by atoms with Gasteiger partial charge in [-0.15, -0.1) is 0 Å². The molecular weight excluding hydrogens is 645 g/mol. The highest BCUT2D eigenvalue weighted by atomic mass is 16.3. The van der Waals surface area contributed by atoms with E-state index >= 15 is 0 Å². The van der Waals surface area contributed by atoms with E-state index in [4.69, 9.17) is 4.42 Å². The van der Waals surface area contributed by atoms with Gasteiger partial charge in [0.05, 0.1) is 11.0 Å². The van der Waals surface area contributed by atoms with E-state index in [0.717, 1.165) is 61.3 Å². The van der Waals surface area contributed by atoms with E-state index in [1.807, 2.05) is 12.1 Å². The van der Waals surface area contributed by atoms with Crippen molar-refractivity contribution in [2.24, 2.45) is 0 Å². The van der Waals surface area contributed by atoms with Gasteiger partial charge in [-0.3, -0.25) is 0 Å². The van der Waals surface area contributed by atoms with Gasteiger partial charge in [0.15, 0.2) is 0 Å². The van der Waals surface area contributed by atoms with Crippen LogP contribution in [0.4, 0.5) is 11.4 Å². The lowest BCUT2D eigenvalue weighted by Crippen LogP contribution is -1.96. The first-order valence-electron chi connectivity index (χ1n) is 18.1. The fourth-order valence-electron chi connectivity index (χ4n) is 8.24. The van der Waals surface area contributed by atoms with Gasteiger partial charge in [-0.25, -0.2) is 0 Å². The minimum atomic E-state index is 0.890. The number of hydrogen-bond acceptors (Lipinski definition) is 2. The largest absolute Gasteiger partial charge is 0.455 e. The number of aromatic nitrogens is 1. The Kier molecular flexibility index (Phi) is 6.55. The first kappa shape index (κ1) is 29.6. The molecule has 2 heterocycles. The third-order valence-corrected chi connectivity index (χ3v) is 10.8. The molecule has 11 aromatic rings. The second-order valence-electron chi connectivity index (χ2n) is 13.8. The van der Waals surface area contributed by atoms with E-state index in [9.17, 15) is 0 Å². The molecular formula is C50H32N2O. The zero-order valence-corrected chi connectivity index (χ0v) is 28.8. The first-order valence-corrected chi connectivity index (χ1v) is 18.1. The molecule has 3 nitrogen and oxygen atoms in total. The minimum Gasteiger partial charge on any atom is -0.455 e.